The molecule has 0 amide bonds. The lowest BCUT2D eigenvalue weighted by molar-refractivity contribution is 0.660. The number of benzene rings is 10. The van der Waals surface area contributed by atoms with Crippen LogP contribution in [-0.2, 0) is 5.41 Å². The number of hydrogen-bond acceptors (Lipinski definition) is 2. The van der Waals surface area contributed by atoms with Crippen LogP contribution in [0.2, 0.25) is 0 Å². The van der Waals surface area contributed by atoms with E-state index in [1.807, 2.05) is 12.1 Å². The van der Waals surface area contributed by atoms with Gasteiger partial charge in [-0.2, -0.15) is 0 Å². The number of rotatable bonds is 6. The monoisotopic (exact) mass is 818 g/mol. The van der Waals surface area contributed by atoms with E-state index in [4.69, 9.17) is 4.42 Å². The molecule has 12 aromatic rings. The second-order valence-electron chi connectivity index (χ2n) is 17.8. The first-order valence-corrected chi connectivity index (χ1v) is 22.2. The Morgan fingerprint density at radius 3 is 1.89 bits per heavy atom. The highest BCUT2D eigenvalue weighted by Crippen LogP contribution is 2.51. The van der Waals surface area contributed by atoms with Crippen molar-refractivity contribution in [2.24, 2.45) is 0 Å². The smallest absolute Gasteiger partial charge is 0.137 e. The molecule has 0 N–H and O–H groups in total. The lowest BCUT2D eigenvalue weighted by Crippen LogP contribution is -2.15. The third kappa shape index (κ3) is 5.60. The van der Waals surface area contributed by atoms with Gasteiger partial charge in [0.25, 0.3) is 0 Å². The van der Waals surface area contributed by atoms with E-state index in [1.165, 1.54) is 66.0 Å². The van der Waals surface area contributed by atoms with E-state index in [1.54, 1.807) is 0 Å². The number of nitrogens with zero attached hydrogens (tertiary/aromatic N) is 2. The summed E-state index contributed by atoms with van der Waals surface area (Å²) in [7, 11) is 0. The Labute approximate surface area is 371 Å². The van der Waals surface area contributed by atoms with E-state index in [9.17, 15) is 0 Å². The predicted molar refractivity (Wildman–Crippen MR) is 269 cm³/mol. The van der Waals surface area contributed by atoms with Crippen LogP contribution in [0, 0.1) is 0 Å². The van der Waals surface area contributed by atoms with Crippen LogP contribution in [0.1, 0.15) is 25.0 Å². The second-order valence-corrected chi connectivity index (χ2v) is 17.8. The normalized spacial score (nSPS) is 13.0. The summed E-state index contributed by atoms with van der Waals surface area (Å²) in [5.74, 6) is 0. The minimum Gasteiger partial charge on any atom is -0.456 e. The molecule has 2 heterocycles. The molecular formula is C61H42N2O. The van der Waals surface area contributed by atoms with Gasteiger partial charge in [0, 0.05) is 55.8 Å². The number of fused-ring (bicyclic) bond motifs is 10. The van der Waals surface area contributed by atoms with Crippen LogP contribution in [0.25, 0.3) is 93.6 Å². The van der Waals surface area contributed by atoms with Crippen molar-refractivity contribution in [1.29, 1.82) is 0 Å². The van der Waals surface area contributed by atoms with E-state index in [2.05, 4.69) is 230 Å². The Kier molecular flexibility index (Phi) is 7.95. The van der Waals surface area contributed by atoms with Gasteiger partial charge in [-0.05, 0) is 128 Å². The molecule has 64 heavy (non-hydrogen) atoms. The molecule has 0 fully saturated rings. The summed E-state index contributed by atoms with van der Waals surface area (Å²) < 4.78 is 8.76. The average molecular weight is 819 g/mol. The minimum absolute atomic E-state index is 0.0615. The first-order chi connectivity index (χ1) is 31.5. The molecule has 3 nitrogen and oxygen atoms in total. The lowest BCUT2D eigenvalue weighted by Gasteiger charge is -2.28. The zero-order chi connectivity index (χ0) is 42.5. The van der Waals surface area contributed by atoms with Crippen molar-refractivity contribution in [3.8, 4) is 39.1 Å². The zero-order valence-electron chi connectivity index (χ0n) is 35.6. The summed E-state index contributed by atoms with van der Waals surface area (Å²) in [6, 6.07) is 79.9. The van der Waals surface area contributed by atoms with Crippen molar-refractivity contribution in [3.05, 3.63) is 230 Å². The van der Waals surface area contributed by atoms with E-state index >= 15 is 0 Å². The molecule has 1 aliphatic carbocycles. The van der Waals surface area contributed by atoms with Crippen molar-refractivity contribution in [1.82, 2.24) is 4.57 Å². The molecular weight excluding hydrogens is 777 g/mol. The highest BCUT2D eigenvalue weighted by Gasteiger charge is 2.35. The van der Waals surface area contributed by atoms with Gasteiger partial charge in [0.15, 0.2) is 0 Å². The minimum atomic E-state index is -0.0615. The molecule has 10 aromatic carbocycles. The van der Waals surface area contributed by atoms with Gasteiger partial charge in [-0.3, -0.25) is 0 Å². The van der Waals surface area contributed by atoms with E-state index in [-0.39, 0.29) is 5.41 Å². The van der Waals surface area contributed by atoms with Crippen molar-refractivity contribution in [2.45, 2.75) is 19.3 Å². The molecule has 3 heteroatoms. The molecule has 0 bridgehead atoms. The summed E-state index contributed by atoms with van der Waals surface area (Å²) >= 11 is 0. The van der Waals surface area contributed by atoms with Gasteiger partial charge < -0.3 is 13.9 Å². The fourth-order valence-electron chi connectivity index (χ4n) is 10.6. The largest absolute Gasteiger partial charge is 0.456 e. The number of hydrogen-bond donors (Lipinski definition) is 0. The maximum Gasteiger partial charge on any atom is 0.137 e. The van der Waals surface area contributed by atoms with Crippen LogP contribution in [0.4, 0.5) is 17.1 Å². The molecule has 0 radical (unpaired) electrons. The Bertz CT molecular complexity index is 3840. The summed E-state index contributed by atoms with van der Waals surface area (Å²) in [5.41, 5.74) is 18.5. The maximum atomic E-state index is 6.38. The van der Waals surface area contributed by atoms with Crippen molar-refractivity contribution in [2.75, 3.05) is 4.90 Å². The average Bonchev–Trinajstić information content (AvgIpc) is 3.96. The fourth-order valence-corrected chi connectivity index (χ4v) is 10.6. The topological polar surface area (TPSA) is 21.3 Å². The van der Waals surface area contributed by atoms with Crippen LogP contribution in [0.3, 0.4) is 0 Å². The van der Waals surface area contributed by atoms with Crippen LogP contribution in [0.5, 0.6) is 0 Å². The van der Waals surface area contributed by atoms with Crippen molar-refractivity contribution in [3.63, 3.8) is 0 Å². The number of anilines is 3. The summed E-state index contributed by atoms with van der Waals surface area (Å²) in [4.78, 5) is 2.42. The Morgan fingerprint density at radius 1 is 0.375 bits per heavy atom. The summed E-state index contributed by atoms with van der Waals surface area (Å²) in [5, 5.41) is 7.16. The Balaban J connectivity index is 0.922. The van der Waals surface area contributed by atoms with Gasteiger partial charge in [-0.25, -0.2) is 0 Å². The Hall–Kier alpha value is -8.14. The van der Waals surface area contributed by atoms with Crippen LogP contribution in [-0.4, -0.2) is 4.57 Å². The van der Waals surface area contributed by atoms with Gasteiger partial charge in [-0.1, -0.05) is 153 Å². The quantitative estimate of drug-likeness (QED) is 0.167. The number of aromatic nitrogens is 1. The molecule has 0 aliphatic heterocycles. The van der Waals surface area contributed by atoms with Crippen molar-refractivity contribution >= 4 is 71.6 Å². The van der Waals surface area contributed by atoms with Gasteiger partial charge in [0.2, 0.25) is 0 Å². The molecule has 0 saturated heterocycles. The maximum absolute atomic E-state index is 6.38. The SMILES string of the molecule is CC1(C)c2ccccc2-c2cc(N(c3cccc(-c4cccc(-c5ccc6c7ccccc7n(-c7ccc8c(c7)oc7ccccc78)c6c5)c4)c3)c3ccc4ccccc4c3)ccc21. The molecule has 302 valence electrons. The Morgan fingerprint density at radius 2 is 1.00 bits per heavy atom. The molecule has 13 rings (SSSR count). The first-order valence-electron chi connectivity index (χ1n) is 22.2. The van der Waals surface area contributed by atoms with Crippen LogP contribution < -0.4 is 4.90 Å². The predicted octanol–water partition coefficient (Wildman–Crippen LogP) is 16.9. The van der Waals surface area contributed by atoms with Crippen LogP contribution in [0.15, 0.2) is 223 Å². The molecule has 0 atom stereocenters. The third-order valence-electron chi connectivity index (χ3n) is 13.7. The van der Waals surface area contributed by atoms with Gasteiger partial charge in [0.05, 0.1) is 11.0 Å². The molecule has 2 aromatic heterocycles. The van der Waals surface area contributed by atoms with E-state index in [0.29, 0.717) is 0 Å². The number of furan rings is 1. The standard InChI is InChI=1S/C61H42N2O/c1-61(2)55-22-8-5-19-49(55)54-37-47(29-32-56(54)61)62(46-27-25-39-13-3-4-14-42(39)34-46)45-18-12-17-43(35-45)40-15-11-16-41(33-40)44-26-30-51-50-20-6-9-23-57(50)63(58(51)36-44)48-28-31-53-52-21-7-10-24-59(52)64-60(53)38-48/h3-38H,1-2H3. The summed E-state index contributed by atoms with van der Waals surface area (Å²) in [6.07, 6.45) is 0. The molecule has 0 unspecified atom stereocenters. The highest BCUT2D eigenvalue weighted by atomic mass is 16.3. The molecule has 1 aliphatic rings. The van der Waals surface area contributed by atoms with E-state index < -0.39 is 0 Å². The van der Waals surface area contributed by atoms with Gasteiger partial charge in [0.1, 0.15) is 11.2 Å². The molecule has 0 spiro atoms. The van der Waals surface area contributed by atoms with Crippen molar-refractivity contribution < 1.29 is 4.42 Å². The van der Waals surface area contributed by atoms with E-state index in [0.717, 1.165) is 55.8 Å². The second kappa shape index (κ2) is 13.9. The highest BCUT2D eigenvalue weighted by molar-refractivity contribution is 6.11. The van der Waals surface area contributed by atoms with Gasteiger partial charge in [-0.15, -0.1) is 0 Å². The molecule has 0 saturated carbocycles. The first kappa shape index (κ1) is 36.5. The van der Waals surface area contributed by atoms with Gasteiger partial charge >= 0.3 is 0 Å². The third-order valence-corrected chi connectivity index (χ3v) is 13.7. The summed E-state index contributed by atoms with van der Waals surface area (Å²) in [6.45, 7) is 4.69. The lowest BCUT2D eigenvalue weighted by atomic mass is 9.82. The van der Waals surface area contributed by atoms with Crippen LogP contribution >= 0.6 is 0 Å². The fraction of sp³-hybridized carbons (Fsp3) is 0.0492. The number of para-hydroxylation sites is 2. The zero-order valence-corrected chi connectivity index (χ0v) is 35.6.